The molecule has 0 saturated carbocycles. The second kappa shape index (κ2) is 9.13. The molecule has 1 fully saturated rings. The Balaban J connectivity index is 1.53. The van der Waals surface area contributed by atoms with Gasteiger partial charge in [-0.05, 0) is 68.7 Å². The van der Waals surface area contributed by atoms with Crippen LogP contribution in [0.5, 0.6) is 0 Å². The number of piperidine rings is 1. The van der Waals surface area contributed by atoms with E-state index in [9.17, 15) is 13.2 Å². The number of amides is 1. The molecular weight excluding hydrogens is 430 g/mol. The topological polar surface area (TPSA) is 106 Å². The Morgan fingerprint density at radius 1 is 1.22 bits per heavy atom. The third-order valence-electron chi connectivity index (χ3n) is 5.41. The van der Waals surface area contributed by atoms with Crippen molar-refractivity contribution in [1.82, 2.24) is 9.46 Å². The van der Waals surface area contributed by atoms with E-state index in [2.05, 4.69) is 10.5 Å². The Hall–Kier alpha value is -3.17. The molecule has 1 aromatic carbocycles. The molecule has 1 amide bonds. The summed E-state index contributed by atoms with van der Waals surface area (Å²) in [6, 6.07) is 11.0. The zero-order valence-electron chi connectivity index (χ0n) is 17.9. The lowest BCUT2D eigenvalue weighted by atomic mass is 9.98. The van der Waals surface area contributed by atoms with E-state index < -0.39 is 15.9 Å². The van der Waals surface area contributed by atoms with Gasteiger partial charge in [-0.15, -0.1) is 0 Å². The Morgan fingerprint density at radius 3 is 2.81 bits per heavy atom. The van der Waals surface area contributed by atoms with Crippen LogP contribution in [0.2, 0.25) is 0 Å². The standard InChI is InChI=1S/C23H25N3O5S/c1-16-6-3-8-19(14-16)24-23(27)18-7-4-12-26(15-18)32(28,29)22-17(2)25-31-21(22)11-10-20-9-5-13-30-20/h3,5-6,8-11,13-14,18H,4,7,12,15H2,1-2H3,(H,24,27)/b11-10+/t18-/m1/s1. The van der Waals surface area contributed by atoms with Crippen molar-refractivity contribution in [3.05, 3.63) is 65.4 Å². The molecule has 168 valence electrons. The fourth-order valence-corrected chi connectivity index (χ4v) is 5.59. The van der Waals surface area contributed by atoms with Crippen LogP contribution in [0.4, 0.5) is 5.69 Å². The summed E-state index contributed by atoms with van der Waals surface area (Å²) in [5.41, 5.74) is 2.01. The quantitative estimate of drug-likeness (QED) is 0.600. The molecule has 9 heteroatoms. The highest BCUT2D eigenvalue weighted by atomic mass is 32.2. The first kappa shape index (κ1) is 22.0. The van der Waals surface area contributed by atoms with Crippen LogP contribution in [0, 0.1) is 19.8 Å². The van der Waals surface area contributed by atoms with Gasteiger partial charge in [0.05, 0.1) is 12.2 Å². The molecular formula is C23H25N3O5S. The number of aromatic nitrogens is 1. The number of aryl methyl sites for hydroxylation is 2. The van der Waals surface area contributed by atoms with Crippen molar-refractivity contribution in [2.75, 3.05) is 18.4 Å². The van der Waals surface area contributed by atoms with Gasteiger partial charge >= 0.3 is 0 Å². The molecule has 0 spiro atoms. The van der Waals surface area contributed by atoms with Crippen molar-refractivity contribution in [3.8, 4) is 0 Å². The fraction of sp³-hybridized carbons (Fsp3) is 0.304. The smallest absolute Gasteiger partial charge is 0.248 e. The van der Waals surface area contributed by atoms with Gasteiger partial charge in [-0.2, -0.15) is 4.31 Å². The van der Waals surface area contributed by atoms with Crippen molar-refractivity contribution in [3.63, 3.8) is 0 Å². The molecule has 4 rings (SSSR count). The SMILES string of the molecule is Cc1cccc(NC(=O)[C@@H]2CCCN(S(=O)(=O)c3c(C)noc3/C=C/c3ccco3)C2)c1. The normalized spacial score (nSPS) is 17.6. The Kier molecular flexibility index (Phi) is 6.29. The molecule has 32 heavy (non-hydrogen) atoms. The number of hydrogen-bond donors (Lipinski definition) is 1. The van der Waals surface area contributed by atoms with E-state index >= 15 is 0 Å². The number of nitrogens with zero attached hydrogens (tertiary/aromatic N) is 2. The first-order valence-electron chi connectivity index (χ1n) is 10.4. The minimum atomic E-state index is -3.90. The lowest BCUT2D eigenvalue weighted by Crippen LogP contribution is -2.43. The second-order valence-corrected chi connectivity index (χ2v) is 9.75. The second-order valence-electron chi connectivity index (χ2n) is 7.87. The van der Waals surface area contributed by atoms with Gasteiger partial charge in [0.25, 0.3) is 0 Å². The molecule has 2 aromatic heterocycles. The number of carbonyl (C=O) groups is 1. The number of hydrogen-bond acceptors (Lipinski definition) is 6. The summed E-state index contributed by atoms with van der Waals surface area (Å²) in [5.74, 6) is 0.0651. The first-order chi connectivity index (χ1) is 15.3. The van der Waals surface area contributed by atoms with E-state index in [1.807, 2.05) is 31.2 Å². The van der Waals surface area contributed by atoms with Crippen LogP contribution in [-0.4, -0.2) is 36.9 Å². The van der Waals surface area contributed by atoms with Crippen molar-refractivity contribution >= 4 is 33.8 Å². The van der Waals surface area contributed by atoms with E-state index in [0.29, 0.717) is 30.8 Å². The maximum atomic E-state index is 13.5. The van der Waals surface area contributed by atoms with Crippen molar-refractivity contribution < 1.29 is 22.2 Å². The van der Waals surface area contributed by atoms with Gasteiger partial charge in [0, 0.05) is 18.8 Å². The molecule has 1 aliphatic rings. The largest absolute Gasteiger partial charge is 0.465 e. The molecule has 0 bridgehead atoms. The maximum absolute atomic E-state index is 13.5. The van der Waals surface area contributed by atoms with Crippen LogP contribution in [-0.2, 0) is 14.8 Å². The minimum Gasteiger partial charge on any atom is -0.465 e. The van der Waals surface area contributed by atoms with Crippen molar-refractivity contribution in [1.29, 1.82) is 0 Å². The zero-order valence-corrected chi connectivity index (χ0v) is 18.8. The molecule has 1 N–H and O–H groups in total. The Labute approximate surface area is 186 Å². The van der Waals surface area contributed by atoms with Gasteiger partial charge < -0.3 is 14.3 Å². The van der Waals surface area contributed by atoms with Crippen LogP contribution in [0.15, 0.2) is 56.5 Å². The summed E-state index contributed by atoms with van der Waals surface area (Å²) in [4.78, 5) is 12.8. The first-order valence-corrected chi connectivity index (χ1v) is 11.8. The molecule has 0 unspecified atom stereocenters. The molecule has 1 aliphatic heterocycles. The summed E-state index contributed by atoms with van der Waals surface area (Å²) >= 11 is 0. The van der Waals surface area contributed by atoms with E-state index in [1.54, 1.807) is 25.1 Å². The van der Waals surface area contributed by atoms with E-state index in [0.717, 1.165) is 5.56 Å². The number of carbonyl (C=O) groups excluding carboxylic acids is 1. The van der Waals surface area contributed by atoms with Gasteiger partial charge in [-0.25, -0.2) is 8.42 Å². The minimum absolute atomic E-state index is 0.0139. The van der Waals surface area contributed by atoms with E-state index in [1.165, 1.54) is 16.6 Å². The van der Waals surface area contributed by atoms with Crippen LogP contribution < -0.4 is 5.32 Å². The summed E-state index contributed by atoms with van der Waals surface area (Å²) < 4.78 is 38.8. The van der Waals surface area contributed by atoms with Gasteiger partial charge in [0.15, 0.2) is 10.7 Å². The summed E-state index contributed by atoms with van der Waals surface area (Å²) in [7, 11) is -3.90. The predicted octanol–water partition coefficient (Wildman–Crippen LogP) is 4.09. The van der Waals surface area contributed by atoms with E-state index in [4.69, 9.17) is 8.94 Å². The highest BCUT2D eigenvalue weighted by molar-refractivity contribution is 7.89. The Morgan fingerprint density at radius 2 is 2.06 bits per heavy atom. The number of furan rings is 1. The molecule has 1 atom stereocenters. The fourth-order valence-electron chi connectivity index (χ4n) is 3.81. The van der Waals surface area contributed by atoms with Gasteiger partial charge in [0.1, 0.15) is 11.5 Å². The molecule has 8 nitrogen and oxygen atoms in total. The monoisotopic (exact) mass is 455 g/mol. The van der Waals surface area contributed by atoms with Gasteiger partial charge in [-0.1, -0.05) is 17.3 Å². The highest BCUT2D eigenvalue weighted by Crippen LogP contribution is 2.29. The third-order valence-corrected chi connectivity index (χ3v) is 7.44. The predicted molar refractivity (Wildman–Crippen MR) is 120 cm³/mol. The summed E-state index contributed by atoms with van der Waals surface area (Å²) in [6.45, 7) is 3.98. The van der Waals surface area contributed by atoms with E-state index in [-0.39, 0.29) is 28.8 Å². The average Bonchev–Trinajstić information content (AvgIpc) is 3.42. The summed E-state index contributed by atoms with van der Waals surface area (Å²) in [6.07, 6.45) is 5.88. The van der Waals surface area contributed by atoms with Gasteiger partial charge in [0.2, 0.25) is 15.9 Å². The number of rotatable bonds is 6. The molecule has 3 aromatic rings. The van der Waals surface area contributed by atoms with Crippen LogP contribution in [0.25, 0.3) is 12.2 Å². The van der Waals surface area contributed by atoms with Crippen molar-refractivity contribution in [2.45, 2.75) is 31.6 Å². The molecule has 0 aliphatic carbocycles. The number of nitrogens with one attached hydrogen (secondary N) is 1. The lowest BCUT2D eigenvalue weighted by Gasteiger charge is -2.31. The zero-order chi connectivity index (χ0) is 22.7. The number of anilines is 1. The third kappa shape index (κ3) is 4.68. The van der Waals surface area contributed by atoms with Crippen LogP contribution in [0.3, 0.4) is 0 Å². The molecule has 3 heterocycles. The van der Waals surface area contributed by atoms with Crippen LogP contribution in [0.1, 0.15) is 35.6 Å². The Bertz CT molecular complexity index is 1230. The average molecular weight is 456 g/mol. The lowest BCUT2D eigenvalue weighted by molar-refractivity contribution is -0.120. The van der Waals surface area contributed by atoms with Crippen molar-refractivity contribution in [2.24, 2.45) is 5.92 Å². The molecule has 1 saturated heterocycles. The molecule has 0 radical (unpaired) electrons. The number of benzene rings is 1. The van der Waals surface area contributed by atoms with Gasteiger partial charge in [-0.3, -0.25) is 4.79 Å². The maximum Gasteiger partial charge on any atom is 0.248 e. The number of sulfonamides is 1. The highest BCUT2D eigenvalue weighted by Gasteiger charge is 2.37. The summed E-state index contributed by atoms with van der Waals surface area (Å²) in [5, 5.41) is 6.76. The van der Waals surface area contributed by atoms with Crippen LogP contribution >= 0.6 is 0 Å².